The molecule has 2 heteroatoms. The van der Waals surface area contributed by atoms with E-state index in [4.69, 9.17) is 11.6 Å². The molecular weight excluding hydrogens is 355 g/mol. The van der Waals surface area contributed by atoms with Crippen molar-refractivity contribution in [2.24, 2.45) is 0 Å². The van der Waals surface area contributed by atoms with Crippen molar-refractivity contribution in [2.45, 2.75) is 148 Å². The topological polar surface area (TPSA) is 0 Å². The summed E-state index contributed by atoms with van der Waals surface area (Å²) in [6.45, 7) is 2.30. The Morgan fingerprint density at radius 3 is 0.731 bits per heavy atom. The van der Waals surface area contributed by atoms with E-state index in [2.05, 4.69) is 6.92 Å². The molecule has 0 saturated heterocycles. The molecule has 0 aliphatic rings. The van der Waals surface area contributed by atoms with Gasteiger partial charge in [-0.2, -0.15) is 9.90 Å². The number of halogens is 1. The maximum Gasteiger partial charge on any atom is 0.0223 e. The van der Waals surface area contributed by atoms with Crippen molar-refractivity contribution < 1.29 is 0 Å². The summed E-state index contributed by atoms with van der Waals surface area (Å²) >= 11 is 5.69. The standard InChI is InChI=1S/C24H49Cl.H3P/c1-2-3-4-5-6-7-8-9-10-11-12-13-14-15-16-17-18-19-20-21-22-23-24-25;/h2-24H2,1H3;1H3. The largest absolute Gasteiger partial charge is 0.153 e. The zero-order valence-electron chi connectivity index (χ0n) is 18.3. The van der Waals surface area contributed by atoms with Crippen LogP contribution in [-0.4, -0.2) is 5.88 Å². The van der Waals surface area contributed by atoms with Gasteiger partial charge in [0.05, 0.1) is 0 Å². The minimum absolute atomic E-state index is 0. The van der Waals surface area contributed by atoms with Gasteiger partial charge in [-0.05, 0) is 6.42 Å². The summed E-state index contributed by atoms with van der Waals surface area (Å²) in [5.74, 6) is 0.846. The first-order valence-corrected chi connectivity index (χ1v) is 12.5. The molecule has 0 amide bonds. The number of unbranched alkanes of at least 4 members (excludes halogenated alkanes) is 21. The van der Waals surface area contributed by atoms with E-state index in [1.54, 1.807) is 0 Å². The smallest absolute Gasteiger partial charge is 0.0223 e. The molecule has 1 unspecified atom stereocenters. The minimum Gasteiger partial charge on any atom is -0.153 e. The van der Waals surface area contributed by atoms with Gasteiger partial charge in [0, 0.05) is 5.88 Å². The van der Waals surface area contributed by atoms with Gasteiger partial charge in [-0.25, -0.2) is 0 Å². The lowest BCUT2D eigenvalue weighted by atomic mass is 10.0. The van der Waals surface area contributed by atoms with Crippen LogP contribution in [0, 0.1) is 0 Å². The molecule has 0 heterocycles. The Balaban J connectivity index is 0. The van der Waals surface area contributed by atoms with E-state index in [0.717, 1.165) is 5.88 Å². The van der Waals surface area contributed by atoms with Crippen molar-refractivity contribution in [2.75, 3.05) is 5.88 Å². The van der Waals surface area contributed by atoms with Crippen LogP contribution >= 0.6 is 21.5 Å². The Morgan fingerprint density at radius 2 is 0.538 bits per heavy atom. The fourth-order valence-corrected chi connectivity index (χ4v) is 3.89. The molecule has 0 rings (SSSR count). The lowest BCUT2D eigenvalue weighted by molar-refractivity contribution is 0.520. The molecule has 0 aliphatic carbocycles. The molecule has 0 bridgehead atoms. The van der Waals surface area contributed by atoms with E-state index >= 15 is 0 Å². The molecule has 26 heavy (non-hydrogen) atoms. The van der Waals surface area contributed by atoms with Crippen LogP contribution in [0.4, 0.5) is 0 Å². The Morgan fingerprint density at radius 1 is 0.346 bits per heavy atom. The molecule has 0 aliphatic heterocycles. The SMILES string of the molecule is CCCCCCCCCCCCCCCCCCCCCCCCCl.P. The highest BCUT2D eigenvalue weighted by molar-refractivity contribution is 6.92. The number of hydrogen-bond acceptors (Lipinski definition) is 0. The Labute approximate surface area is 175 Å². The predicted octanol–water partition coefficient (Wildman–Crippen LogP) is 9.89. The Kier molecular flexibility index (Phi) is 31.1. The zero-order chi connectivity index (χ0) is 18.3. The van der Waals surface area contributed by atoms with Gasteiger partial charge in [-0.3, -0.25) is 0 Å². The average molecular weight is 407 g/mol. The van der Waals surface area contributed by atoms with E-state index in [-0.39, 0.29) is 9.90 Å². The maximum absolute atomic E-state index is 5.69. The van der Waals surface area contributed by atoms with Gasteiger partial charge in [0.25, 0.3) is 0 Å². The predicted molar refractivity (Wildman–Crippen MR) is 129 cm³/mol. The highest BCUT2D eigenvalue weighted by atomic mass is 35.5. The second-order valence-electron chi connectivity index (χ2n) is 8.11. The number of rotatable bonds is 22. The first-order valence-electron chi connectivity index (χ1n) is 12.0. The highest BCUT2D eigenvalue weighted by Gasteiger charge is 1.95. The van der Waals surface area contributed by atoms with Gasteiger partial charge in [0.2, 0.25) is 0 Å². The molecule has 0 nitrogen and oxygen atoms in total. The molecule has 0 radical (unpaired) electrons. The van der Waals surface area contributed by atoms with Crippen molar-refractivity contribution in [1.82, 2.24) is 0 Å². The molecule has 0 aromatic rings. The van der Waals surface area contributed by atoms with Crippen LogP contribution in [0.3, 0.4) is 0 Å². The highest BCUT2D eigenvalue weighted by Crippen LogP contribution is 2.15. The molecule has 0 aromatic heterocycles. The van der Waals surface area contributed by atoms with Crippen molar-refractivity contribution >= 4 is 21.5 Å². The van der Waals surface area contributed by atoms with Crippen molar-refractivity contribution in [1.29, 1.82) is 0 Å². The van der Waals surface area contributed by atoms with Crippen LogP contribution in [0.25, 0.3) is 0 Å². The monoisotopic (exact) mass is 406 g/mol. The third kappa shape index (κ3) is 26.9. The van der Waals surface area contributed by atoms with E-state index in [1.807, 2.05) is 0 Å². The van der Waals surface area contributed by atoms with Crippen LogP contribution in [0.15, 0.2) is 0 Å². The lowest BCUT2D eigenvalue weighted by Gasteiger charge is -2.04. The van der Waals surface area contributed by atoms with Gasteiger partial charge >= 0.3 is 0 Å². The van der Waals surface area contributed by atoms with Crippen LogP contribution in [0.2, 0.25) is 0 Å². The van der Waals surface area contributed by atoms with Gasteiger partial charge in [-0.1, -0.05) is 142 Å². The lowest BCUT2D eigenvalue weighted by Crippen LogP contribution is -1.84. The third-order valence-electron chi connectivity index (χ3n) is 5.49. The molecule has 0 N–H and O–H groups in total. The molecule has 0 aromatic carbocycles. The Bertz CT molecular complexity index is 198. The summed E-state index contributed by atoms with van der Waals surface area (Å²) < 4.78 is 0. The van der Waals surface area contributed by atoms with Crippen LogP contribution < -0.4 is 0 Å². The van der Waals surface area contributed by atoms with Gasteiger partial charge in [0.1, 0.15) is 0 Å². The summed E-state index contributed by atoms with van der Waals surface area (Å²) in [6.07, 6.45) is 31.8. The second kappa shape index (κ2) is 27.9. The van der Waals surface area contributed by atoms with Crippen LogP contribution in [0.1, 0.15) is 148 Å². The van der Waals surface area contributed by atoms with Crippen molar-refractivity contribution in [3.63, 3.8) is 0 Å². The fraction of sp³-hybridized carbons (Fsp3) is 1.00. The van der Waals surface area contributed by atoms with E-state index in [0.29, 0.717) is 0 Å². The summed E-state index contributed by atoms with van der Waals surface area (Å²) in [7, 11) is 0. The van der Waals surface area contributed by atoms with Crippen molar-refractivity contribution in [3.05, 3.63) is 0 Å². The average Bonchev–Trinajstić information content (AvgIpc) is 2.63. The van der Waals surface area contributed by atoms with E-state index < -0.39 is 0 Å². The normalized spacial score (nSPS) is 10.8. The minimum atomic E-state index is 0. The number of alkyl halides is 1. The maximum atomic E-state index is 5.69. The summed E-state index contributed by atoms with van der Waals surface area (Å²) in [6, 6.07) is 0. The number of hydrogen-bond donors (Lipinski definition) is 0. The third-order valence-corrected chi connectivity index (χ3v) is 5.75. The van der Waals surface area contributed by atoms with Crippen LogP contribution in [-0.2, 0) is 0 Å². The van der Waals surface area contributed by atoms with E-state index in [1.165, 1.54) is 141 Å². The summed E-state index contributed by atoms with van der Waals surface area (Å²) in [5, 5.41) is 0. The molecule has 160 valence electrons. The summed E-state index contributed by atoms with van der Waals surface area (Å²) in [5.41, 5.74) is 0. The molecule has 0 saturated carbocycles. The molecular formula is C24H52ClP. The zero-order valence-corrected chi connectivity index (χ0v) is 20.5. The fourth-order valence-electron chi connectivity index (χ4n) is 3.70. The molecule has 0 spiro atoms. The second-order valence-corrected chi connectivity index (χ2v) is 8.49. The van der Waals surface area contributed by atoms with E-state index in [9.17, 15) is 0 Å². The van der Waals surface area contributed by atoms with Crippen LogP contribution in [0.5, 0.6) is 0 Å². The van der Waals surface area contributed by atoms with Gasteiger partial charge < -0.3 is 0 Å². The van der Waals surface area contributed by atoms with Gasteiger partial charge in [-0.15, -0.1) is 11.6 Å². The first kappa shape index (κ1) is 28.9. The Hall–Kier alpha value is 0.720. The molecule has 1 atom stereocenters. The first-order chi connectivity index (χ1) is 12.4. The molecule has 0 fully saturated rings. The summed E-state index contributed by atoms with van der Waals surface area (Å²) in [4.78, 5) is 0. The van der Waals surface area contributed by atoms with Crippen molar-refractivity contribution in [3.8, 4) is 0 Å². The quantitative estimate of drug-likeness (QED) is 0.0952. The van der Waals surface area contributed by atoms with Gasteiger partial charge in [0.15, 0.2) is 0 Å².